The predicted octanol–water partition coefficient (Wildman–Crippen LogP) is 1.90. The van der Waals surface area contributed by atoms with Crippen LogP contribution in [-0.4, -0.2) is 50.2 Å². The SMILES string of the molecule is CCCNC(CN(C)CCC(C)C)C(=O)OCC. The van der Waals surface area contributed by atoms with Crippen molar-refractivity contribution in [2.24, 2.45) is 5.92 Å². The molecule has 4 nitrogen and oxygen atoms in total. The second-order valence-corrected chi connectivity index (χ2v) is 5.20. The molecule has 18 heavy (non-hydrogen) atoms. The Morgan fingerprint density at radius 1 is 1.33 bits per heavy atom. The molecule has 0 aromatic rings. The fraction of sp³-hybridized carbons (Fsp3) is 0.929. The third kappa shape index (κ3) is 8.48. The number of hydrogen-bond acceptors (Lipinski definition) is 4. The van der Waals surface area contributed by atoms with Crippen molar-refractivity contribution in [3.63, 3.8) is 0 Å². The highest BCUT2D eigenvalue weighted by molar-refractivity contribution is 5.76. The fourth-order valence-electron chi connectivity index (χ4n) is 1.67. The van der Waals surface area contributed by atoms with Gasteiger partial charge in [-0.25, -0.2) is 0 Å². The van der Waals surface area contributed by atoms with Crippen molar-refractivity contribution in [1.82, 2.24) is 10.2 Å². The Morgan fingerprint density at radius 2 is 2.00 bits per heavy atom. The number of likely N-dealkylation sites (N-methyl/N-ethyl adjacent to an activating group) is 1. The summed E-state index contributed by atoms with van der Waals surface area (Å²) >= 11 is 0. The first-order chi connectivity index (χ1) is 8.51. The van der Waals surface area contributed by atoms with Crippen LogP contribution in [0.2, 0.25) is 0 Å². The lowest BCUT2D eigenvalue weighted by Crippen LogP contribution is -2.46. The molecule has 0 saturated heterocycles. The van der Waals surface area contributed by atoms with E-state index in [1.807, 2.05) is 6.92 Å². The number of ether oxygens (including phenoxy) is 1. The van der Waals surface area contributed by atoms with Crippen molar-refractivity contribution in [3.05, 3.63) is 0 Å². The van der Waals surface area contributed by atoms with Crippen LogP contribution in [0.1, 0.15) is 40.5 Å². The Hall–Kier alpha value is -0.610. The van der Waals surface area contributed by atoms with Gasteiger partial charge >= 0.3 is 5.97 Å². The predicted molar refractivity (Wildman–Crippen MR) is 75.7 cm³/mol. The molecule has 4 heteroatoms. The first-order valence-electron chi connectivity index (χ1n) is 7.09. The Kier molecular flexibility index (Phi) is 9.98. The summed E-state index contributed by atoms with van der Waals surface area (Å²) in [5.41, 5.74) is 0. The first kappa shape index (κ1) is 17.4. The van der Waals surface area contributed by atoms with E-state index in [0.29, 0.717) is 19.1 Å². The third-order valence-electron chi connectivity index (χ3n) is 2.79. The summed E-state index contributed by atoms with van der Waals surface area (Å²) < 4.78 is 5.10. The van der Waals surface area contributed by atoms with Gasteiger partial charge in [-0.1, -0.05) is 20.8 Å². The summed E-state index contributed by atoms with van der Waals surface area (Å²) in [6.45, 7) is 11.4. The molecule has 0 spiro atoms. The van der Waals surface area contributed by atoms with Crippen molar-refractivity contribution in [1.29, 1.82) is 0 Å². The number of carbonyl (C=O) groups is 1. The van der Waals surface area contributed by atoms with Crippen LogP contribution in [0.3, 0.4) is 0 Å². The highest BCUT2D eigenvalue weighted by atomic mass is 16.5. The molecule has 0 radical (unpaired) electrons. The van der Waals surface area contributed by atoms with Crippen molar-refractivity contribution < 1.29 is 9.53 Å². The number of hydrogen-bond donors (Lipinski definition) is 1. The van der Waals surface area contributed by atoms with Gasteiger partial charge in [-0.05, 0) is 45.8 Å². The molecular formula is C14H30N2O2. The maximum absolute atomic E-state index is 11.8. The Balaban J connectivity index is 4.16. The van der Waals surface area contributed by atoms with Crippen LogP contribution in [0.4, 0.5) is 0 Å². The Morgan fingerprint density at radius 3 is 2.50 bits per heavy atom. The van der Waals surface area contributed by atoms with Crippen molar-refractivity contribution in [3.8, 4) is 0 Å². The summed E-state index contributed by atoms with van der Waals surface area (Å²) in [7, 11) is 2.06. The monoisotopic (exact) mass is 258 g/mol. The zero-order chi connectivity index (χ0) is 14.0. The van der Waals surface area contributed by atoms with Gasteiger partial charge in [-0.15, -0.1) is 0 Å². The lowest BCUT2D eigenvalue weighted by atomic mass is 10.1. The zero-order valence-corrected chi connectivity index (χ0v) is 12.7. The lowest BCUT2D eigenvalue weighted by molar-refractivity contribution is -0.146. The fourth-order valence-corrected chi connectivity index (χ4v) is 1.67. The van der Waals surface area contributed by atoms with Gasteiger partial charge in [-0.2, -0.15) is 0 Å². The van der Waals surface area contributed by atoms with E-state index in [1.54, 1.807) is 0 Å². The summed E-state index contributed by atoms with van der Waals surface area (Å²) in [6.07, 6.45) is 2.17. The largest absolute Gasteiger partial charge is 0.465 e. The number of esters is 1. The maximum Gasteiger partial charge on any atom is 0.324 e. The van der Waals surface area contributed by atoms with Crippen LogP contribution < -0.4 is 5.32 Å². The molecule has 0 fully saturated rings. The molecule has 0 bridgehead atoms. The van der Waals surface area contributed by atoms with Crippen LogP contribution in [0, 0.1) is 5.92 Å². The number of rotatable bonds is 10. The Bertz CT molecular complexity index is 220. The molecule has 0 aliphatic heterocycles. The van der Waals surface area contributed by atoms with Crippen LogP contribution in [0.5, 0.6) is 0 Å². The van der Waals surface area contributed by atoms with E-state index in [2.05, 4.69) is 38.0 Å². The molecular weight excluding hydrogens is 228 g/mol. The normalized spacial score (nSPS) is 13.1. The molecule has 0 saturated carbocycles. The summed E-state index contributed by atoms with van der Waals surface area (Å²) in [4.78, 5) is 14.0. The van der Waals surface area contributed by atoms with E-state index >= 15 is 0 Å². The van der Waals surface area contributed by atoms with E-state index in [-0.39, 0.29) is 12.0 Å². The second-order valence-electron chi connectivity index (χ2n) is 5.20. The van der Waals surface area contributed by atoms with Crippen LogP contribution in [0.25, 0.3) is 0 Å². The van der Waals surface area contributed by atoms with E-state index in [1.165, 1.54) is 0 Å². The van der Waals surface area contributed by atoms with E-state index in [9.17, 15) is 4.79 Å². The quantitative estimate of drug-likeness (QED) is 0.608. The second kappa shape index (κ2) is 10.3. The van der Waals surface area contributed by atoms with Crippen molar-refractivity contribution in [2.75, 3.05) is 33.3 Å². The first-order valence-corrected chi connectivity index (χ1v) is 7.09. The van der Waals surface area contributed by atoms with Gasteiger partial charge in [0.05, 0.1) is 6.61 Å². The van der Waals surface area contributed by atoms with Crippen molar-refractivity contribution in [2.45, 2.75) is 46.6 Å². The highest BCUT2D eigenvalue weighted by Crippen LogP contribution is 2.02. The average molecular weight is 258 g/mol. The minimum absolute atomic E-state index is 0.137. The van der Waals surface area contributed by atoms with Gasteiger partial charge in [0.1, 0.15) is 6.04 Å². The minimum Gasteiger partial charge on any atom is -0.465 e. The number of nitrogens with zero attached hydrogens (tertiary/aromatic N) is 1. The number of carbonyl (C=O) groups excluding carboxylic acids is 1. The summed E-state index contributed by atoms with van der Waals surface area (Å²) in [6, 6.07) is -0.206. The smallest absolute Gasteiger partial charge is 0.324 e. The van der Waals surface area contributed by atoms with Crippen LogP contribution >= 0.6 is 0 Å². The maximum atomic E-state index is 11.8. The zero-order valence-electron chi connectivity index (χ0n) is 12.7. The summed E-state index contributed by atoms with van der Waals surface area (Å²) in [5.74, 6) is 0.555. The van der Waals surface area contributed by atoms with Crippen LogP contribution in [-0.2, 0) is 9.53 Å². The Labute approximate surface area is 112 Å². The van der Waals surface area contributed by atoms with E-state index in [4.69, 9.17) is 4.74 Å². The molecule has 1 N–H and O–H groups in total. The molecule has 108 valence electrons. The van der Waals surface area contributed by atoms with Gasteiger partial charge in [0.25, 0.3) is 0 Å². The molecule has 0 aliphatic carbocycles. The standard InChI is InChI=1S/C14H30N2O2/c1-6-9-15-13(14(17)18-7-2)11-16(5)10-8-12(3)4/h12-13,15H,6-11H2,1-5H3. The third-order valence-corrected chi connectivity index (χ3v) is 2.79. The minimum atomic E-state index is -0.206. The highest BCUT2D eigenvalue weighted by Gasteiger charge is 2.20. The molecule has 0 heterocycles. The molecule has 0 aliphatic rings. The van der Waals surface area contributed by atoms with Gasteiger partial charge < -0.3 is 15.0 Å². The van der Waals surface area contributed by atoms with E-state index in [0.717, 1.165) is 25.9 Å². The molecule has 1 unspecified atom stereocenters. The number of nitrogens with one attached hydrogen (secondary N) is 1. The van der Waals surface area contributed by atoms with E-state index < -0.39 is 0 Å². The molecule has 0 amide bonds. The van der Waals surface area contributed by atoms with Crippen LogP contribution in [0.15, 0.2) is 0 Å². The average Bonchev–Trinajstić information content (AvgIpc) is 2.32. The molecule has 0 aromatic carbocycles. The van der Waals surface area contributed by atoms with Gasteiger partial charge in [0.2, 0.25) is 0 Å². The molecule has 1 atom stereocenters. The molecule has 0 rings (SSSR count). The van der Waals surface area contributed by atoms with Gasteiger partial charge in [0.15, 0.2) is 0 Å². The topological polar surface area (TPSA) is 41.6 Å². The van der Waals surface area contributed by atoms with Gasteiger partial charge in [-0.3, -0.25) is 4.79 Å². The molecule has 0 aromatic heterocycles. The summed E-state index contributed by atoms with van der Waals surface area (Å²) in [5, 5.41) is 3.26. The lowest BCUT2D eigenvalue weighted by Gasteiger charge is -2.24. The van der Waals surface area contributed by atoms with Gasteiger partial charge in [0, 0.05) is 6.54 Å². The van der Waals surface area contributed by atoms with Crippen molar-refractivity contribution >= 4 is 5.97 Å².